The summed E-state index contributed by atoms with van der Waals surface area (Å²) in [5.41, 5.74) is 0.753. The minimum Gasteiger partial charge on any atom is -0.464 e. The lowest BCUT2D eigenvalue weighted by molar-refractivity contribution is -0.147. The van der Waals surface area contributed by atoms with E-state index >= 15 is 0 Å². The largest absolute Gasteiger partial charge is 0.464 e. The van der Waals surface area contributed by atoms with Crippen molar-refractivity contribution in [2.75, 3.05) is 27.2 Å². The van der Waals surface area contributed by atoms with E-state index < -0.39 is 0 Å². The number of halogens is 1. The first-order valence-corrected chi connectivity index (χ1v) is 6.03. The molecule has 18 heavy (non-hydrogen) atoms. The molecule has 3 nitrogen and oxygen atoms in total. The fraction of sp³-hybridized carbons (Fsp3) is 0.500. The SMILES string of the molecule is CN(C)CCOC(=O)C1(c2ccccc2)CC1.Cl. The Morgan fingerprint density at radius 3 is 2.39 bits per heavy atom. The first-order valence-electron chi connectivity index (χ1n) is 6.03. The predicted molar refractivity (Wildman–Crippen MR) is 74.1 cm³/mol. The Morgan fingerprint density at radius 2 is 1.89 bits per heavy atom. The van der Waals surface area contributed by atoms with Crippen molar-refractivity contribution in [1.82, 2.24) is 4.90 Å². The molecule has 0 N–H and O–H groups in total. The normalized spacial score (nSPS) is 15.9. The number of rotatable bonds is 5. The first-order chi connectivity index (χ1) is 8.15. The van der Waals surface area contributed by atoms with E-state index in [1.54, 1.807) is 0 Å². The van der Waals surface area contributed by atoms with Gasteiger partial charge in [-0.25, -0.2) is 0 Å². The van der Waals surface area contributed by atoms with Crippen LogP contribution in [0.15, 0.2) is 30.3 Å². The van der Waals surface area contributed by atoms with E-state index in [0.29, 0.717) is 6.61 Å². The molecule has 0 atom stereocenters. The molecule has 0 aliphatic heterocycles. The third kappa shape index (κ3) is 3.24. The van der Waals surface area contributed by atoms with Crippen molar-refractivity contribution in [2.45, 2.75) is 18.3 Å². The fourth-order valence-corrected chi connectivity index (χ4v) is 1.95. The van der Waals surface area contributed by atoms with Crippen LogP contribution in [-0.2, 0) is 14.9 Å². The summed E-state index contributed by atoms with van der Waals surface area (Å²) in [6, 6.07) is 9.95. The first kappa shape index (κ1) is 15.0. The smallest absolute Gasteiger partial charge is 0.316 e. The number of likely N-dealkylation sites (N-methyl/N-ethyl adjacent to an activating group) is 1. The molecule has 0 saturated heterocycles. The molecule has 0 amide bonds. The van der Waals surface area contributed by atoms with E-state index in [9.17, 15) is 4.79 Å². The highest BCUT2D eigenvalue weighted by Gasteiger charge is 2.52. The molecule has 1 saturated carbocycles. The molecule has 1 aliphatic rings. The van der Waals surface area contributed by atoms with E-state index in [0.717, 1.165) is 24.9 Å². The van der Waals surface area contributed by atoms with Crippen LogP contribution in [0.5, 0.6) is 0 Å². The number of esters is 1. The number of hydrogen-bond acceptors (Lipinski definition) is 3. The van der Waals surface area contributed by atoms with E-state index in [1.165, 1.54) is 0 Å². The maximum Gasteiger partial charge on any atom is 0.316 e. The molecule has 0 aromatic heterocycles. The van der Waals surface area contributed by atoms with E-state index in [-0.39, 0.29) is 23.8 Å². The quantitative estimate of drug-likeness (QED) is 0.768. The average Bonchev–Trinajstić information content (AvgIpc) is 3.11. The van der Waals surface area contributed by atoms with Gasteiger partial charge in [-0.1, -0.05) is 30.3 Å². The Hall–Kier alpha value is -1.06. The van der Waals surface area contributed by atoms with Crippen LogP contribution < -0.4 is 0 Å². The van der Waals surface area contributed by atoms with Crippen LogP contribution in [0.25, 0.3) is 0 Å². The van der Waals surface area contributed by atoms with Crippen molar-refractivity contribution >= 4 is 18.4 Å². The molecule has 0 radical (unpaired) electrons. The number of ether oxygens (including phenoxy) is 1. The maximum absolute atomic E-state index is 12.1. The highest BCUT2D eigenvalue weighted by atomic mass is 35.5. The van der Waals surface area contributed by atoms with Gasteiger partial charge in [0, 0.05) is 6.54 Å². The van der Waals surface area contributed by atoms with E-state index in [4.69, 9.17) is 4.74 Å². The van der Waals surface area contributed by atoms with Crippen LogP contribution in [0, 0.1) is 0 Å². The van der Waals surface area contributed by atoms with Crippen molar-refractivity contribution in [2.24, 2.45) is 0 Å². The number of benzene rings is 1. The highest BCUT2D eigenvalue weighted by molar-refractivity contribution is 5.86. The lowest BCUT2D eigenvalue weighted by atomic mass is 9.96. The zero-order chi connectivity index (χ0) is 12.3. The molecule has 0 bridgehead atoms. The Labute approximate surface area is 115 Å². The predicted octanol–water partition coefficient (Wildman–Crippen LogP) is 2.24. The van der Waals surface area contributed by atoms with Gasteiger partial charge in [-0.3, -0.25) is 4.79 Å². The van der Waals surface area contributed by atoms with Crippen LogP contribution in [0.1, 0.15) is 18.4 Å². The molecule has 0 spiro atoms. The standard InChI is InChI=1S/C14H19NO2.ClH/c1-15(2)10-11-17-13(16)14(8-9-14)12-6-4-3-5-7-12;/h3-7H,8-11H2,1-2H3;1H. The van der Waals surface area contributed by atoms with Crippen molar-refractivity contribution < 1.29 is 9.53 Å². The fourth-order valence-electron chi connectivity index (χ4n) is 1.95. The molecule has 4 heteroatoms. The second-order valence-electron chi connectivity index (χ2n) is 4.89. The van der Waals surface area contributed by atoms with Gasteiger partial charge < -0.3 is 9.64 Å². The molecule has 1 aromatic carbocycles. The van der Waals surface area contributed by atoms with Crippen LogP contribution in [-0.4, -0.2) is 38.1 Å². The van der Waals surface area contributed by atoms with Crippen molar-refractivity contribution in [3.05, 3.63) is 35.9 Å². The number of nitrogens with zero attached hydrogens (tertiary/aromatic N) is 1. The maximum atomic E-state index is 12.1. The van der Waals surface area contributed by atoms with Crippen LogP contribution in [0.3, 0.4) is 0 Å². The molecule has 1 fully saturated rings. The van der Waals surface area contributed by atoms with Gasteiger partial charge in [-0.2, -0.15) is 0 Å². The van der Waals surface area contributed by atoms with Gasteiger partial charge >= 0.3 is 5.97 Å². The monoisotopic (exact) mass is 269 g/mol. The zero-order valence-electron chi connectivity index (χ0n) is 10.9. The zero-order valence-corrected chi connectivity index (χ0v) is 11.7. The van der Waals surface area contributed by atoms with Crippen molar-refractivity contribution in [1.29, 1.82) is 0 Å². The summed E-state index contributed by atoms with van der Waals surface area (Å²) in [5.74, 6) is -0.0643. The molecule has 0 heterocycles. The highest BCUT2D eigenvalue weighted by Crippen LogP contribution is 2.49. The molecule has 100 valence electrons. The molecule has 2 rings (SSSR count). The summed E-state index contributed by atoms with van der Waals surface area (Å²) >= 11 is 0. The van der Waals surface area contributed by atoms with Crippen LogP contribution in [0.2, 0.25) is 0 Å². The number of carbonyl (C=O) groups is 1. The molecule has 1 aromatic rings. The molecular formula is C14H20ClNO2. The van der Waals surface area contributed by atoms with Crippen molar-refractivity contribution in [3.63, 3.8) is 0 Å². The minimum absolute atomic E-state index is 0. The summed E-state index contributed by atoms with van der Waals surface area (Å²) in [6.07, 6.45) is 1.83. The number of hydrogen-bond donors (Lipinski definition) is 0. The van der Waals surface area contributed by atoms with Gasteiger partial charge in [0.05, 0.1) is 5.41 Å². The van der Waals surface area contributed by atoms with Gasteiger partial charge in [-0.05, 0) is 32.5 Å². The van der Waals surface area contributed by atoms with E-state index in [1.807, 2.05) is 49.3 Å². The molecule has 1 aliphatic carbocycles. The summed E-state index contributed by atoms with van der Waals surface area (Å²) in [4.78, 5) is 14.1. The Balaban J connectivity index is 0.00000162. The average molecular weight is 270 g/mol. The Bertz CT molecular complexity index is 388. The minimum atomic E-state index is -0.340. The Morgan fingerprint density at radius 1 is 1.28 bits per heavy atom. The Kier molecular flexibility index (Phi) is 5.17. The third-order valence-electron chi connectivity index (χ3n) is 3.24. The lowest BCUT2D eigenvalue weighted by Gasteiger charge is -2.16. The van der Waals surface area contributed by atoms with Crippen LogP contribution in [0.4, 0.5) is 0 Å². The van der Waals surface area contributed by atoms with E-state index in [2.05, 4.69) is 0 Å². The van der Waals surface area contributed by atoms with Gasteiger partial charge in [-0.15, -0.1) is 12.4 Å². The van der Waals surface area contributed by atoms with Gasteiger partial charge in [0.1, 0.15) is 6.61 Å². The molecule has 0 unspecified atom stereocenters. The van der Waals surface area contributed by atoms with Gasteiger partial charge in [0.15, 0.2) is 0 Å². The number of carbonyl (C=O) groups excluding carboxylic acids is 1. The third-order valence-corrected chi connectivity index (χ3v) is 3.24. The second-order valence-corrected chi connectivity index (χ2v) is 4.89. The van der Waals surface area contributed by atoms with Crippen molar-refractivity contribution in [3.8, 4) is 0 Å². The van der Waals surface area contributed by atoms with Gasteiger partial charge in [0.2, 0.25) is 0 Å². The summed E-state index contributed by atoms with van der Waals surface area (Å²) in [5, 5.41) is 0. The lowest BCUT2D eigenvalue weighted by Crippen LogP contribution is -2.27. The molecular weight excluding hydrogens is 250 g/mol. The summed E-state index contributed by atoms with van der Waals surface area (Å²) in [7, 11) is 3.94. The van der Waals surface area contributed by atoms with Gasteiger partial charge in [0.25, 0.3) is 0 Å². The second kappa shape index (κ2) is 6.21. The topological polar surface area (TPSA) is 29.5 Å². The summed E-state index contributed by atoms with van der Waals surface area (Å²) in [6.45, 7) is 1.25. The summed E-state index contributed by atoms with van der Waals surface area (Å²) < 4.78 is 5.35. The van der Waals surface area contributed by atoms with Crippen LogP contribution >= 0.6 is 12.4 Å².